The quantitative estimate of drug-likeness (QED) is 0.395. The molecular formula is C25H26Cl2N2O2S. The summed E-state index contributed by atoms with van der Waals surface area (Å²) in [7, 11) is 0. The maximum Gasteiger partial charge on any atom is 0.256 e. The topological polar surface area (TPSA) is 54.3 Å². The maximum absolute atomic E-state index is 13.1. The lowest BCUT2D eigenvalue weighted by molar-refractivity contribution is 0.0930. The van der Waals surface area contributed by atoms with Crippen LogP contribution in [0.4, 0.5) is 5.00 Å². The summed E-state index contributed by atoms with van der Waals surface area (Å²) in [6, 6.07) is 9.16. The molecule has 0 saturated carbocycles. The van der Waals surface area contributed by atoms with Crippen LogP contribution in [0.1, 0.15) is 66.3 Å². The highest BCUT2D eigenvalue weighted by molar-refractivity contribution is 7.16. The molecule has 2 atom stereocenters. The Bertz CT molecular complexity index is 1200. The summed E-state index contributed by atoms with van der Waals surface area (Å²) in [5, 5.41) is 8.44. The summed E-state index contributed by atoms with van der Waals surface area (Å²) in [6.45, 7) is 6.98. The van der Waals surface area contributed by atoms with E-state index in [4.69, 9.17) is 27.6 Å². The van der Waals surface area contributed by atoms with Crippen LogP contribution in [0.5, 0.6) is 0 Å². The van der Waals surface area contributed by atoms with Crippen molar-refractivity contribution in [3.8, 4) is 11.3 Å². The molecule has 2 aliphatic rings. The fourth-order valence-corrected chi connectivity index (χ4v) is 6.49. The van der Waals surface area contributed by atoms with Crippen LogP contribution in [0.25, 0.3) is 11.3 Å². The van der Waals surface area contributed by atoms with E-state index in [1.807, 2.05) is 24.3 Å². The van der Waals surface area contributed by atoms with Gasteiger partial charge in [-0.25, -0.2) is 0 Å². The van der Waals surface area contributed by atoms with E-state index in [-0.39, 0.29) is 5.91 Å². The number of hydrogen-bond acceptors (Lipinski definition) is 4. The number of anilines is 1. The molecule has 2 N–H and O–H groups in total. The van der Waals surface area contributed by atoms with E-state index in [2.05, 4.69) is 31.4 Å². The smallest absolute Gasteiger partial charge is 0.256 e. The second-order valence-corrected chi connectivity index (χ2v) is 11.2. The van der Waals surface area contributed by atoms with Gasteiger partial charge in [0.05, 0.1) is 15.6 Å². The van der Waals surface area contributed by atoms with E-state index < -0.39 is 6.17 Å². The van der Waals surface area contributed by atoms with Crippen molar-refractivity contribution in [3.05, 3.63) is 62.1 Å². The van der Waals surface area contributed by atoms with Crippen molar-refractivity contribution < 1.29 is 9.21 Å². The SMILES string of the molecule is CCC(C)(C)[C@@H]1CCc2c(sc3c2C(=O)N[C@H](c2ccc(-c4cccc(Cl)c4Cl)o2)N3)C1. The predicted octanol–water partition coefficient (Wildman–Crippen LogP) is 7.71. The van der Waals surface area contributed by atoms with Crippen molar-refractivity contribution in [3.63, 3.8) is 0 Å². The average Bonchev–Trinajstić information content (AvgIpc) is 3.40. The van der Waals surface area contributed by atoms with Gasteiger partial charge in [0.15, 0.2) is 6.17 Å². The third kappa shape index (κ3) is 3.64. The number of nitrogens with one attached hydrogen (secondary N) is 2. The molecule has 168 valence electrons. The minimum atomic E-state index is -0.426. The van der Waals surface area contributed by atoms with Crippen molar-refractivity contribution in [2.24, 2.45) is 11.3 Å². The molecule has 0 saturated heterocycles. The summed E-state index contributed by atoms with van der Waals surface area (Å²) >= 11 is 14.2. The highest BCUT2D eigenvalue weighted by Crippen LogP contribution is 2.47. The molecule has 0 unspecified atom stereocenters. The second kappa shape index (κ2) is 8.12. The van der Waals surface area contributed by atoms with E-state index in [0.29, 0.717) is 32.9 Å². The number of carbonyl (C=O) groups is 1. The minimum absolute atomic E-state index is 0.0341. The summed E-state index contributed by atoms with van der Waals surface area (Å²) in [6.07, 6.45) is 3.88. The Kier molecular flexibility index (Phi) is 5.55. The minimum Gasteiger partial charge on any atom is -0.457 e. The van der Waals surface area contributed by atoms with E-state index in [0.717, 1.165) is 41.8 Å². The number of furan rings is 1. The van der Waals surface area contributed by atoms with E-state index in [9.17, 15) is 4.79 Å². The number of halogens is 2. The third-order valence-corrected chi connectivity index (χ3v) is 9.19. The van der Waals surface area contributed by atoms with E-state index in [1.165, 1.54) is 10.4 Å². The van der Waals surface area contributed by atoms with Crippen molar-refractivity contribution in [1.82, 2.24) is 5.32 Å². The van der Waals surface area contributed by atoms with Gasteiger partial charge in [-0.15, -0.1) is 11.3 Å². The molecule has 2 aromatic heterocycles. The predicted molar refractivity (Wildman–Crippen MR) is 132 cm³/mol. The fourth-order valence-electron chi connectivity index (χ4n) is 4.74. The highest BCUT2D eigenvalue weighted by atomic mass is 35.5. The van der Waals surface area contributed by atoms with Gasteiger partial charge in [0, 0.05) is 10.4 Å². The van der Waals surface area contributed by atoms with Crippen LogP contribution in [0, 0.1) is 11.3 Å². The van der Waals surface area contributed by atoms with E-state index >= 15 is 0 Å². The van der Waals surface area contributed by atoms with Gasteiger partial charge in [-0.2, -0.15) is 0 Å². The highest BCUT2D eigenvalue weighted by Gasteiger charge is 2.38. The van der Waals surface area contributed by atoms with E-state index in [1.54, 1.807) is 17.4 Å². The lowest BCUT2D eigenvalue weighted by Gasteiger charge is -2.36. The van der Waals surface area contributed by atoms with Crippen LogP contribution in [0.2, 0.25) is 10.0 Å². The van der Waals surface area contributed by atoms with Crippen molar-refractivity contribution in [2.75, 3.05) is 5.32 Å². The summed E-state index contributed by atoms with van der Waals surface area (Å²) in [5.74, 6) is 1.86. The molecule has 1 aliphatic carbocycles. The lowest BCUT2D eigenvalue weighted by atomic mass is 9.69. The molecule has 32 heavy (non-hydrogen) atoms. The molecule has 7 heteroatoms. The molecule has 1 aliphatic heterocycles. The number of thiophene rings is 1. The molecule has 0 spiro atoms. The largest absolute Gasteiger partial charge is 0.457 e. The molecule has 4 nitrogen and oxygen atoms in total. The van der Waals surface area contributed by atoms with Gasteiger partial charge in [-0.3, -0.25) is 4.79 Å². The molecular weight excluding hydrogens is 463 g/mol. The Morgan fingerprint density at radius 2 is 2.00 bits per heavy atom. The van der Waals surface area contributed by atoms with Gasteiger partial charge in [0.2, 0.25) is 0 Å². The number of hydrogen-bond donors (Lipinski definition) is 2. The van der Waals surface area contributed by atoms with Crippen LogP contribution in [0.15, 0.2) is 34.7 Å². The Morgan fingerprint density at radius 1 is 1.19 bits per heavy atom. The van der Waals surface area contributed by atoms with Crippen molar-refractivity contribution in [2.45, 2.75) is 52.6 Å². The van der Waals surface area contributed by atoms with Gasteiger partial charge < -0.3 is 15.1 Å². The second-order valence-electron chi connectivity index (χ2n) is 9.34. The Balaban J connectivity index is 1.41. The standard InChI is InChI=1S/C25H26Cl2N2O2S/c1-4-25(2,3)13-8-9-15-19(12-13)32-24-20(15)23(30)28-22(29-24)18-11-10-17(31-18)14-6-5-7-16(26)21(14)27/h5-7,10-11,13,22,29H,4,8-9,12H2,1-3H3,(H,28,30)/t13-,22+/m1/s1. The average molecular weight is 489 g/mol. The molecule has 0 bridgehead atoms. The molecule has 5 rings (SSSR count). The van der Waals surface area contributed by atoms with Gasteiger partial charge in [-0.05, 0) is 60.4 Å². The Hall–Kier alpha value is -1.95. The molecule has 1 aromatic carbocycles. The first-order valence-electron chi connectivity index (χ1n) is 11.0. The number of fused-ring (bicyclic) bond motifs is 3. The monoisotopic (exact) mass is 488 g/mol. The van der Waals surface area contributed by atoms with Gasteiger partial charge in [0.25, 0.3) is 5.91 Å². The molecule has 0 radical (unpaired) electrons. The number of amides is 1. The number of carbonyl (C=O) groups excluding carboxylic acids is 1. The van der Waals surface area contributed by atoms with Crippen LogP contribution in [-0.4, -0.2) is 5.91 Å². The first kappa shape index (κ1) is 21.9. The maximum atomic E-state index is 13.1. The number of rotatable bonds is 4. The molecule has 1 amide bonds. The van der Waals surface area contributed by atoms with Gasteiger partial charge in [0.1, 0.15) is 16.5 Å². The zero-order chi connectivity index (χ0) is 22.6. The van der Waals surface area contributed by atoms with Crippen LogP contribution < -0.4 is 10.6 Å². The first-order chi connectivity index (χ1) is 15.3. The fraction of sp³-hybridized carbons (Fsp3) is 0.400. The zero-order valence-corrected chi connectivity index (χ0v) is 20.7. The zero-order valence-electron chi connectivity index (χ0n) is 18.4. The first-order valence-corrected chi connectivity index (χ1v) is 12.6. The lowest BCUT2D eigenvalue weighted by Crippen LogP contribution is -2.38. The number of benzene rings is 1. The summed E-state index contributed by atoms with van der Waals surface area (Å²) in [5.41, 5.74) is 3.08. The summed E-state index contributed by atoms with van der Waals surface area (Å²) in [4.78, 5) is 14.4. The Labute approximate surface area is 202 Å². The van der Waals surface area contributed by atoms with Crippen molar-refractivity contribution >= 4 is 45.4 Å². The van der Waals surface area contributed by atoms with Crippen molar-refractivity contribution in [1.29, 1.82) is 0 Å². The van der Waals surface area contributed by atoms with Crippen LogP contribution in [-0.2, 0) is 12.8 Å². The third-order valence-electron chi connectivity index (χ3n) is 7.19. The summed E-state index contributed by atoms with van der Waals surface area (Å²) < 4.78 is 6.07. The van der Waals surface area contributed by atoms with Gasteiger partial charge >= 0.3 is 0 Å². The molecule has 3 aromatic rings. The normalized spacial score (nSPS) is 20.3. The Morgan fingerprint density at radius 3 is 2.78 bits per heavy atom. The van der Waals surface area contributed by atoms with Gasteiger partial charge in [-0.1, -0.05) is 56.5 Å². The van der Waals surface area contributed by atoms with Crippen LogP contribution >= 0.6 is 34.5 Å². The molecule has 3 heterocycles. The van der Waals surface area contributed by atoms with Crippen LogP contribution in [0.3, 0.4) is 0 Å². The molecule has 0 fully saturated rings.